The molecule has 1 aliphatic heterocycles. The highest BCUT2D eigenvalue weighted by molar-refractivity contribution is 5.98. The average molecular weight is 346 g/mol. The van der Waals surface area contributed by atoms with Crippen molar-refractivity contribution >= 4 is 5.97 Å². The topological polar surface area (TPSA) is 66.8 Å². The lowest BCUT2D eigenvalue weighted by atomic mass is 9.78. The lowest BCUT2D eigenvalue weighted by molar-refractivity contribution is 0.0251. The molecule has 1 heterocycles. The second kappa shape index (κ2) is 5.63. The third-order valence-corrected chi connectivity index (χ3v) is 5.11. The molecule has 0 spiro atoms. The Labute approximate surface area is 151 Å². The number of ether oxygens (including phenoxy) is 1. The van der Waals surface area contributed by atoms with Gasteiger partial charge in [-0.2, -0.15) is 0 Å². The maximum atomic E-state index is 12.8. The number of phenolic OH excluding ortho intramolecular Hbond substituents is 2. The van der Waals surface area contributed by atoms with Crippen LogP contribution in [0.25, 0.3) is 0 Å². The van der Waals surface area contributed by atoms with Gasteiger partial charge in [0.15, 0.2) is 5.60 Å². The van der Waals surface area contributed by atoms with Gasteiger partial charge in [0.25, 0.3) is 0 Å². The summed E-state index contributed by atoms with van der Waals surface area (Å²) in [5.41, 5.74) is 3.60. The lowest BCUT2D eigenvalue weighted by Crippen LogP contribution is -2.29. The first-order valence-corrected chi connectivity index (χ1v) is 8.36. The Morgan fingerprint density at radius 2 is 1.27 bits per heavy atom. The maximum Gasteiger partial charge on any atom is 0.340 e. The summed E-state index contributed by atoms with van der Waals surface area (Å²) in [6.45, 7) is 3.88. The molecule has 0 radical (unpaired) electrons. The summed E-state index contributed by atoms with van der Waals surface area (Å²) in [5.74, 6) is -0.0965. The van der Waals surface area contributed by atoms with Gasteiger partial charge in [-0.15, -0.1) is 0 Å². The third-order valence-electron chi connectivity index (χ3n) is 5.11. The van der Waals surface area contributed by atoms with Crippen LogP contribution in [0.2, 0.25) is 0 Å². The number of rotatable bonds is 2. The normalized spacial score (nSPS) is 14.8. The van der Waals surface area contributed by atoms with Crippen LogP contribution in [0.15, 0.2) is 60.7 Å². The van der Waals surface area contributed by atoms with Crippen LogP contribution in [0.3, 0.4) is 0 Å². The van der Waals surface area contributed by atoms with Crippen LogP contribution in [0, 0.1) is 13.8 Å². The van der Waals surface area contributed by atoms with E-state index in [0.29, 0.717) is 5.56 Å². The van der Waals surface area contributed by atoms with Crippen LogP contribution in [0.1, 0.15) is 38.2 Å². The molecular weight excluding hydrogens is 328 g/mol. The van der Waals surface area contributed by atoms with Gasteiger partial charge in [-0.1, -0.05) is 36.4 Å². The van der Waals surface area contributed by atoms with E-state index in [1.54, 1.807) is 48.5 Å². The van der Waals surface area contributed by atoms with E-state index >= 15 is 0 Å². The van der Waals surface area contributed by atoms with Crippen molar-refractivity contribution in [2.45, 2.75) is 19.4 Å². The molecule has 0 atom stereocenters. The van der Waals surface area contributed by atoms with E-state index in [0.717, 1.165) is 27.8 Å². The molecular formula is C22H18O4. The van der Waals surface area contributed by atoms with Gasteiger partial charge in [0.1, 0.15) is 11.5 Å². The molecule has 3 aromatic carbocycles. The standard InChI is InChI=1S/C22H18O4/c1-13-3-12-19-20(14(13)2)21(25)26-22(19,15-4-8-17(23)9-5-15)16-6-10-18(24)11-7-16/h3-12,23-24H,1-2H3. The first-order valence-electron chi connectivity index (χ1n) is 8.36. The van der Waals surface area contributed by atoms with Crippen molar-refractivity contribution < 1.29 is 19.7 Å². The van der Waals surface area contributed by atoms with Gasteiger partial charge in [-0.3, -0.25) is 0 Å². The van der Waals surface area contributed by atoms with Gasteiger partial charge in [-0.05, 0) is 49.2 Å². The quantitative estimate of drug-likeness (QED) is 0.683. The molecule has 0 saturated heterocycles. The van der Waals surface area contributed by atoms with E-state index in [-0.39, 0.29) is 17.5 Å². The van der Waals surface area contributed by atoms with Crippen molar-refractivity contribution in [1.29, 1.82) is 0 Å². The number of esters is 1. The van der Waals surface area contributed by atoms with Crippen LogP contribution in [-0.4, -0.2) is 16.2 Å². The molecule has 0 amide bonds. The highest BCUT2D eigenvalue weighted by Crippen LogP contribution is 2.48. The van der Waals surface area contributed by atoms with Gasteiger partial charge in [0, 0.05) is 16.7 Å². The monoisotopic (exact) mass is 346 g/mol. The molecule has 0 unspecified atom stereocenters. The summed E-state index contributed by atoms with van der Waals surface area (Å²) in [6.07, 6.45) is 0. The van der Waals surface area contributed by atoms with E-state index in [1.165, 1.54) is 0 Å². The molecule has 0 aliphatic carbocycles. The Morgan fingerprint density at radius 1 is 0.769 bits per heavy atom. The second-order valence-corrected chi connectivity index (χ2v) is 6.59. The van der Waals surface area contributed by atoms with Crippen molar-refractivity contribution in [2.75, 3.05) is 0 Å². The Kier molecular flexibility index (Phi) is 3.51. The van der Waals surface area contributed by atoms with Crippen LogP contribution < -0.4 is 0 Å². The maximum absolute atomic E-state index is 12.8. The summed E-state index contributed by atoms with van der Waals surface area (Å²) in [7, 11) is 0. The number of aryl methyl sites for hydroxylation is 1. The summed E-state index contributed by atoms with van der Waals surface area (Å²) >= 11 is 0. The second-order valence-electron chi connectivity index (χ2n) is 6.59. The van der Waals surface area contributed by atoms with Crippen molar-refractivity contribution in [2.24, 2.45) is 0 Å². The minimum atomic E-state index is -1.12. The van der Waals surface area contributed by atoms with Crippen molar-refractivity contribution in [3.05, 3.63) is 94.0 Å². The fourth-order valence-electron chi connectivity index (χ4n) is 3.61. The summed E-state index contributed by atoms with van der Waals surface area (Å²) < 4.78 is 6.00. The molecule has 2 N–H and O–H groups in total. The molecule has 1 aliphatic rings. The Morgan fingerprint density at radius 3 is 1.77 bits per heavy atom. The van der Waals surface area contributed by atoms with E-state index in [2.05, 4.69) is 0 Å². The van der Waals surface area contributed by atoms with Crippen LogP contribution in [0.4, 0.5) is 0 Å². The molecule has 0 aromatic heterocycles. The molecule has 130 valence electrons. The molecule has 4 nitrogen and oxygen atoms in total. The predicted octanol–water partition coefficient (Wildman–Crippen LogP) is 4.18. The fraction of sp³-hybridized carbons (Fsp3) is 0.136. The van der Waals surface area contributed by atoms with E-state index < -0.39 is 5.60 Å². The summed E-state index contributed by atoms with van der Waals surface area (Å²) in [5, 5.41) is 19.4. The van der Waals surface area contributed by atoms with Crippen LogP contribution in [0.5, 0.6) is 11.5 Å². The Balaban J connectivity index is 2.07. The smallest absolute Gasteiger partial charge is 0.340 e. The largest absolute Gasteiger partial charge is 0.508 e. The molecule has 26 heavy (non-hydrogen) atoms. The number of carbonyl (C=O) groups is 1. The number of phenols is 2. The van der Waals surface area contributed by atoms with E-state index in [9.17, 15) is 15.0 Å². The molecule has 0 saturated carbocycles. The van der Waals surface area contributed by atoms with Gasteiger partial charge < -0.3 is 14.9 Å². The Hall–Kier alpha value is -3.27. The first kappa shape index (κ1) is 16.2. The lowest BCUT2D eigenvalue weighted by Gasteiger charge is -2.30. The molecule has 4 heteroatoms. The summed E-state index contributed by atoms with van der Waals surface area (Å²) in [6, 6.07) is 17.2. The van der Waals surface area contributed by atoms with E-state index in [4.69, 9.17) is 4.74 Å². The number of benzene rings is 3. The molecule has 0 bridgehead atoms. The first-order chi connectivity index (χ1) is 12.4. The third kappa shape index (κ3) is 2.19. The zero-order valence-corrected chi connectivity index (χ0v) is 14.5. The van der Waals surface area contributed by atoms with Crippen LogP contribution >= 0.6 is 0 Å². The van der Waals surface area contributed by atoms with Crippen LogP contribution in [-0.2, 0) is 10.3 Å². The Bertz CT molecular complexity index is 956. The van der Waals surface area contributed by atoms with Crippen molar-refractivity contribution in [3.63, 3.8) is 0 Å². The van der Waals surface area contributed by atoms with Crippen molar-refractivity contribution in [3.8, 4) is 11.5 Å². The van der Waals surface area contributed by atoms with Gasteiger partial charge >= 0.3 is 5.97 Å². The molecule has 4 rings (SSSR count). The zero-order valence-electron chi connectivity index (χ0n) is 14.5. The molecule has 3 aromatic rings. The zero-order chi connectivity index (χ0) is 18.5. The number of hydrogen-bond donors (Lipinski definition) is 2. The summed E-state index contributed by atoms with van der Waals surface area (Å²) in [4.78, 5) is 12.8. The number of aromatic hydroxyl groups is 2. The van der Waals surface area contributed by atoms with Gasteiger partial charge in [0.2, 0.25) is 0 Å². The predicted molar refractivity (Wildman–Crippen MR) is 97.4 cm³/mol. The highest BCUT2D eigenvalue weighted by Gasteiger charge is 2.49. The van der Waals surface area contributed by atoms with Gasteiger partial charge in [0.05, 0.1) is 5.56 Å². The number of carbonyl (C=O) groups excluding carboxylic acids is 1. The fourth-order valence-corrected chi connectivity index (χ4v) is 3.61. The highest BCUT2D eigenvalue weighted by atomic mass is 16.6. The number of cyclic esters (lactones) is 1. The van der Waals surface area contributed by atoms with E-state index in [1.807, 2.05) is 26.0 Å². The van der Waals surface area contributed by atoms with Crippen molar-refractivity contribution in [1.82, 2.24) is 0 Å². The van der Waals surface area contributed by atoms with Gasteiger partial charge in [-0.25, -0.2) is 4.79 Å². The SMILES string of the molecule is Cc1ccc2c(c1C)C(=O)OC2(c1ccc(O)cc1)c1ccc(O)cc1. The number of fused-ring (bicyclic) bond motifs is 1. The minimum Gasteiger partial charge on any atom is -0.508 e. The minimum absolute atomic E-state index is 0.138. The average Bonchev–Trinajstić information content (AvgIpc) is 2.93. The molecule has 0 fully saturated rings. The number of hydrogen-bond acceptors (Lipinski definition) is 4.